The summed E-state index contributed by atoms with van der Waals surface area (Å²) in [6, 6.07) is 5.91. The summed E-state index contributed by atoms with van der Waals surface area (Å²) >= 11 is 0. The fourth-order valence-corrected chi connectivity index (χ4v) is 2.12. The van der Waals surface area contributed by atoms with E-state index in [1.807, 2.05) is 25.1 Å². The summed E-state index contributed by atoms with van der Waals surface area (Å²) < 4.78 is 0. The van der Waals surface area contributed by atoms with E-state index in [4.69, 9.17) is 0 Å². The second-order valence-electron chi connectivity index (χ2n) is 4.61. The van der Waals surface area contributed by atoms with Gasteiger partial charge in [-0.25, -0.2) is 0 Å². The number of aldehydes is 1. The van der Waals surface area contributed by atoms with Crippen molar-refractivity contribution in [2.75, 3.05) is 7.05 Å². The molecule has 1 aromatic heterocycles. The minimum Gasteiger partial charge on any atom is -0.359 e. The quantitative estimate of drug-likeness (QED) is 0.802. The maximum absolute atomic E-state index is 11.3. The van der Waals surface area contributed by atoms with Crippen LogP contribution in [0.2, 0.25) is 0 Å². The lowest BCUT2D eigenvalue weighted by atomic mass is 9.97. The number of aromatic nitrogens is 2. The van der Waals surface area contributed by atoms with Crippen molar-refractivity contribution in [1.82, 2.24) is 15.5 Å². The molecule has 0 saturated carbocycles. The van der Waals surface area contributed by atoms with E-state index >= 15 is 0 Å². The number of hydrogen-bond donors (Lipinski definition) is 2. The van der Waals surface area contributed by atoms with Gasteiger partial charge in [0.05, 0.1) is 17.1 Å². The summed E-state index contributed by atoms with van der Waals surface area (Å²) in [4.78, 5) is 22.5. The van der Waals surface area contributed by atoms with Crippen LogP contribution in [0.25, 0.3) is 10.9 Å². The van der Waals surface area contributed by atoms with Crippen LogP contribution in [0.15, 0.2) is 18.2 Å². The van der Waals surface area contributed by atoms with E-state index in [1.165, 1.54) is 0 Å². The summed E-state index contributed by atoms with van der Waals surface area (Å²) in [5.74, 6) is -0.392. The second kappa shape index (κ2) is 5.65. The smallest absolute Gasteiger partial charge is 0.219 e. The van der Waals surface area contributed by atoms with E-state index in [-0.39, 0.29) is 11.8 Å². The average Bonchev–Trinajstić information content (AvgIpc) is 2.82. The topological polar surface area (TPSA) is 74.8 Å². The Morgan fingerprint density at radius 3 is 3.00 bits per heavy atom. The molecule has 0 saturated heterocycles. The molecule has 0 radical (unpaired) electrons. The van der Waals surface area contributed by atoms with Crippen LogP contribution < -0.4 is 5.32 Å². The summed E-state index contributed by atoms with van der Waals surface area (Å²) in [6.07, 6.45) is 1.68. The normalized spacial score (nSPS) is 12.3. The van der Waals surface area contributed by atoms with Gasteiger partial charge < -0.3 is 10.1 Å². The minimum absolute atomic E-state index is 0.0634. The molecule has 1 aromatic carbocycles. The molecule has 0 aliphatic rings. The van der Waals surface area contributed by atoms with Gasteiger partial charge in [-0.05, 0) is 25.0 Å². The Kier molecular flexibility index (Phi) is 3.94. The van der Waals surface area contributed by atoms with Crippen LogP contribution in [0, 0.1) is 6.92 Å². The van der Waals surface area contributed by atoms with Crippen LogP contribution >= 0.6 is 0 Å². The van der Waals surface area contributed by atoms with Crippen molar-refractivity contribution >= 4 is 23.1 Å². The van der Waals surface area contributed by atoms with Crippen molar-refractivity contribution in [3.8, 4) is 0 Å². The maximum atomic E-state index is 11.3. The molecule has 2 rings (SSSR count). The van der Waals surface area contributed by atoms with Gasteiger partial charge in [-0.3, -0.25) is 9.89 Å². The Labute approximate surface area is 111 Å². The lowest BCUT2D eigenvalue weighted by molar-refractivity contribution is -0.120. The van der Waals surface area contributed by atoms with Crippen molar-refractivity contribution in [3.63, 3.8) is 0 Å². The minimum atomic E-state index is -0.329. The third-order valence-electron chi connectivity index (χ3n) is 3.24. The highest BCUT2D eigenvalue weighted by molar-refractivity contribution is 5.85. The van der Waals surface area contributed by atoms with Gasteiger partial charge in [-0.15, -0.1) is 0 Å². The number of nitrogens with one attached hydrogen (secondary N) is 2. The third kappa shape index (κ3) is 2.81. The van der Waals surface area contributed by atoms with Gasteiger partial charge in [0.15, 0.2) is 0 Å². The number of aromatic amines is 1. The first kappa shape index (κ1) is 13.3. The molecule has 2 N–H and O–H groups in total. The molecular formula is C14H17N3O2. The molecule has 5 heteroatoms. The maximum Gasteiger partial charge on any atom is 0.219 e. The monoisotopic (exact) mass is 259 g/mol. The number of H-pyrrole nitrogens is 1. The lowest BCUT2D eigenvalue weighted by Gasteiger charge is -2.08. The Hall–Kier alpha value is -2.17. The van der Waals surface area contributed by atoms with Crippen molar-refractivity contribution in [2.24, 2.45) is 0 Å². The summed E-state index contributed by atoms with van der Waals surface area (Å²) in [5, 5.41) is 10.6. The van der Waals surface area contributed by atoms with Crippen LogP contribution in [0.5, 0.6) is 0 Å². The number of aryl methyl sites for hydroxylation is 1. The number of rotatable bonds is 5. The molecule has 2 aromatic rings. The first-order chi connectivity index (χ1) is 9.15. The number of benzene rings is 1. The molecule has 1 atom stereocenters. The zero-order valence-electron chi connectivity index (χ0n) is 11.1. The second-order valence-corrected chi connectivity index (χ2v) is 4.61. The number of carbonyl (C=O) groups excluding carboxylic acids is 2. The van der Waals surface area contributed by atoms with Crippen molar-refractivity contribution in [1.29, 1.82) is 0 Å². The van der Waals surface area contributed by atoms with Crippen LogP contribution in [0.4, 0.5) is 0 Å². The van der Waals surface area contributed by atoms with E-state index in [2.05, 4.69) is 15.5 Å². The molecule has 100 valence electrons. The Bertz CT molecular complexity index is 604. The molecule has 1 unspecified atom stereocenters. The zero-order chi connectivity index (χ0) is 13.8. The standard InChI is InChI=1S/C14H17N3O2/c1-9-3-5-11-12(7-9)16-17-14(11)10(8-18)4-6-13(19)15-2/h3,5,7-8,10H,4,6H2,1-2H3,(H,15,19)(H,16,17). The molecular weight excluding hydrogens is 242 g/mol. The molecule has 0 aliphatic carbocycles. The van der Waals surface area contributed by atoms with Gasteiger partial charge in [0.2, 0.25) is 5.91 Å². The van der Waals surface area contributed by atoms with E-state index in [1.54, 1.807) is 7.05 Å². The van der Waals surface area contributed by atoms with E-state index < -0.39 is 0 Å². The first-order valence-corrected chi connectivity index (χ1v) is 6.26. The number of nitrogens with zero attached hydrogens (tertiary/aromatic N) is 1. The summed E-state index contributed by atoms with van der Waals surface area (Å²) in [7, 11) is 1.59. The highest BCUT2D eigenvalue weighted by atomic mass is 16.1. The molecule has 0 fully saturated rings. The van der Waals surface area contributed by atoms with E-state index in [0.717, 1.165) is 28.4 Å². The molecule has 5 nitrogen and oxygen atoms in total. The molecule has 0 bridgehead atoms. The van der Waals surface area contributed by atoms with E-state index in [9.17, 15) is 9.59 Å². The van der Waals surface area contributed by atoms with Gasteiger partial charge in [-0.1, -0.05) is 12.1 Å². The first-order valence-electron chi connectivity index (χ1n) is 6.26. The number of carbonyl (C=O) groups is 2. The number of amides is 1. The van der Waals surface area contributed by atoms with Crippen LogP contribution in [-0.4, -0.2) is 29.4 Å². The number of hydrogen-bond acceptors (Lipinski definition) is 3. The molecule has 1 amide bonds. The van der Waals surface area contributed by atoms with Crippen LogP contribution in [0.1, 0.15) is 30.0 Å². The SMILES string of the molecule is CNC(=O)CCC(C=O)c1[nH]nc2cc(C)ccc12. The highest BCUT2D eigenvalue weighted by Gasteiger charge is 2.17. The van der Waals surface area contributed by atoms with Gasteiger partial charge >= 0.3 is 0 Å². The molecule has 19 heavy (non-hydrogen) atoms. The molecule has 0 aliphatic heterocycles. The Morgan fingerprint density at radius 1 is 1.53 bits per heavy atom. The molecule has 0 spiro atoms. The fourth-order valence-electron chi connectivity index (χ4n) is 2.12. The summed E-state index contributed by atoms with van der Waals surface area (Å²) in [5.41, 5.74) is 2.76. The summed E-state index contributed by atoms with van der Waals surface area (Å²) in [6.45, 7) is 2.00. The van der Waals surface area contributed by atoms with Gasteiger partial charge in [0.25, 0.3) is 0 Å². The zero-order valence-corrected chi connectivity index (χ0v) is 11.1. The van der Waals surface area contributed by atoms with Crippen molar-refractivity contribution in [3.05, 3.63) is 29.5 Å². The van der Waals surface area contributed by atoms with Gasteiger partial charge in [0, 0.05) is 18.9 Å². The highest BCUT2D eigenvalue weighted by Crippen LogP contribution is 2.25. The molecule has 1 heterocycles. The average molecular weight is 259 g/mol. The largest absolute Gasteiger partial charge is 0.359 e. The van der Waals surface area contributed by atoms with Crippen molar-refractivity contribution in [2.45, 2.75) is 25.7 Å². The van der Waals surface area contributed by atoms with Crippen LogP contribution in [-0.2, 0) is 9.59 Å². The lowest BCUT2D eigenvalue weighted by Crippen LogP contribution is -2.18. The Morgan fingerprint density at radius 2 is 2.32 bits per heavy atom. The number of fused-ring (bicyclic) bond motifs is 1. The van der Waals surface area contributed by atoms with Crippen molar-refractivity contribution < 1.29 is 9.59 Å². The fraction of sp³-hybridized carbons (Fsp3) is 0.357. The predicted octanol–water partition coefficient (Wildman–Crippen LogP) is 1.68. The predicted molar refractivity (Wildman–Crippen MR) is 72.9 cm³/mol. The van der Waals surface area contributed by atoms with Gasteiger partial charge in [0.1, 0.15) is 6.29 Å². The Balaban J connectivity index is 2.25. The van der Waals surface area contributed by atoms with Crippen LogP contribution in [0.3, 0.4) is 0 Å². The van der Waals surface area contributed by atoms with Gasteiger partial charge in [-0.2, -0.15) is 5.10 Å². The van der Waals surface area contributed by atoms with E-state index in [0.29, 0.717) is 12.8 Å². The third-order valence-corrected chi connectivity index (χ3v) is 3.24.